The molecular weight excluding hydrogens is 340 g/mol. The first-order valence-electron chi connectivity index (χ1n) is 7.97. The lowest BCUT2D eigenvalue weighted by Crippen LogP contribution is -2.19. The molecule has 0 aromatic heterocycles. The molecule has 0 fully saturated rings. The largest absolute Gasteiger partial charge is 0.508 e. The molecule has 2 rings (SSSR count). The van der Waals surface area contributed by atoms with E-state index in [0.29, 0.717) is 30.2 Å². The second-order valence-corrected chi connectivity index (χ2v) is 6.08. The molecule has 0 aliphatic rings. The molecule has 2 N–H and O–H groups in total. The van der Waals surface area contributed by atoms with Gasteiger partial charge in [0.2, 0.25) is 5.91 Å². The van der Waals surface area contributed by atoms with Crippen molar-refractivity contribution in [1.82, 2.24) is 5.43 Å². The van der Waals surface area contributed by atoms with Gasteiger partial charge >= 0.3 is 0 Å². The summed E-state index contributed by atoms with van der Waals surface area (Å²) in [4.78, 5) is 11.8. The predicted molar refractivity (Wildman–Crippen MR) is 99.4 cm³/mol. The maximum Gasteiger partial charge on any atom is 0.240 e. The van der Waals surface area contributed by atoms with Crippen molar-refractivity contribution in [3.8, 4) is 11.5 Å². The molecule has 0 aliphatic carbocycles. The van der Waals surface area contributed by atoms with Crippen LogP contribution in [0.4, 0.5) is 0 Å². The van der Waals surface area contributed by atoms with Crippen LogP contribution in [0.2, 0.25) is 5.02 Å². The fraction of sp³-hybridized carbons (Fsp3) is 0.263. The van der Waals surface area contributed by atoms with Gasteiger partial charge in [0, 0.05) is 17.0 Å². The van der Waals surface area contributed by atoms with E-state index < -0.39 is 0 Å². The van der Waals surface area contributed by atoms with Crippen LogP contribution in [0.15, 0.2) is 47.6 Å². The predicted octanol–water partition coefficient (Wildman–Crippen LogP) is 4.05. The second kappa shape index (κ2) is 9.08. The average Bonchev–Trinajstić information content (AvgIpc) is 2.58. The number of hydrogen-bond acceptors (Lipinski definition) is 4. The highest BCUT2D eigenvalue weighted by molar-refractivity contribution is 6.30. The monoisotopic (exact) mass is 360 g/mol. The molecule has 0 radical (unpaired) electrons. The molecule has 0 aliphatic heterocycles. The van der Waals surface area contributed by atoms with Gasteiger partial charge in [-0.25, -0.2) is 5.43 Å². The summed E-state index contributed by atoms with van der Waals surface area (Å²) in [7, 11) is 0. The number of hydrazone groups is 1. The minimum atomic E-state index is -0.184. The van der Waals surface area contributed by atoms with E-state index in [0.717, 1.165) is 16.9 Å². The number of hydrogen-bond donors (Lipinski definition) is 2. The number of phenols is 1. The summed E-state index contributed by atoms with van der Waals surface area (Å²) in [5.74, 6) is 0.742. The maximum absolute atomic E-state index is 11.8. The van der Waals surface area contributed by atoms with E-state index in [2.05, 4.69) is 10.5 Å². The first-order chi connectivity index (χ1) is 12.0. The summed E-state index contributed by atoms with van der Waals surface area (Å²) < 4.78 is 5.65. The molecule has 1 amide bonds. The molecule has 132 valence electrons. The van der Waals surface area contributed by atoms with Crippen molar-refractivity contribution >= 4 is 23.2 Å². The first-order valence-corrected chi connectivity index (χ1v) is 8.35. The zero-order valence-electron chi connectivity index (χ0n) is 14.3. The number of benzene rings is 2. The Morgan fingerprint density at radius 3 is 2.80 bits per heavy atom. The third kappa shape index (κ3) is 6.12. The fourth-order valence-corrected chi connectivity index (χ4v) is 2.41. The van der Waals surface area contributed by atoms with Gasteiger partial charge in [-0.05, 0) is 56.2 Å². The molecule has 2 aromatic carbocycles. The van der Waals surface area contributed by atoms with Crippen LogP contribution in [0.5, 0.6) is 11.5 Å². The van der Waals surface area contributed by atoms with Crippen molar-refractivity contribution < 1.29 is 14.6 Å². The lowest BCUT2D eigenvalue weighted by Gasteiger charge is -2.09. The summed E-state index contributed by atoms with van der Waals surface area (Å²) in [5.41, 5.74) is 4.85. The van der Waals surface area contributed by atoms with Gasteiger partial charge in [-0.1, -0.05) is 23.7 Å². The average molecular weight is 361 g/mol. The molecule has 2 aromatic rings. The molecule has 0 heterocycles. The van der Waals surface area contributed by atoms with Crippen LogP contribution in [0.25, 0.3) is 0 Å². The molecule has 0 saturated heterocycles. The zero-order chi connectivity index (χ0) is 18.2. The van der Waals surface area contributed by atoms with Gasteiger partial charge in [-0.3, -0.25) is 4.79 Å². The van der Waals surface area contributed by atoms with Gasteiger partial charge in [0.25, 0.3) is 0 Å². The van der Waals surface area contributed by atoms with Gasteiger partial charge < -0.3 is 9.84 Å². The molecule has 0 bridgehead atoms. The SMILES string of the molecule is CC(=NNC(=O)CCCOc1ccc(Cl)cc1C)c1cccc(O)c1. The van der Waals surface area contributed by atoms with Gasteiger partial charge in [-0.2, -0.15) is 5.10 Å². The van der Waals surface area contributed by atoms with E-state index in [-0.39, 0.29) is 11.7 Å². The maximum atomic E-state index is 11.8. The van der Waals surface area contributed by atoms with E-state index >= 15 is 0 Å². The van der Waals surface area contributed by atoms with E-state index in [1.807, 2.05) is 25.1 Å². The van der Waals surface area contributed by atoms with Gasteiger partial charge in [0.1, 0.15) is 11.5 Å². The summed E-state index contributed by atoms with van der Waals surface area (Å²) in [6.45, 7) is 4.12. The topological polar surface area (TPSA) is 70.9 Å². The highest BCUT2D eigenvalue weighted by Crippen LogP contribution is 2.21. The summed E-state index contributed by atoms with van der Waals surface area (Å²) in [6.07, 6.45) is 0.887. The van der Waals surface area contributed by atoms with Crippen LogP contribution in [0, 0.1) is 6.92 Å². The molecule has 6 heteroatoms. The second-order valence-electron chi connectivity index (χ2n) is 5.64. The van der Waals surface area contributed by atoms with E-state index in [9.17, 15) is 9.90 Å². The normalized spacial score (nSPS) is 11.2. The lowest BCUT2D eigenvalue weighted by molar-refractivity contribution is -0.121. The molecule has 25 heavy (non-hydrogen) atoms. The van der Waals surface area contributed by atoms with Crippen molar-refractivity contribution in [1.29, 1.82) is 0 Å². The van der Waals surface area contributed by atoms with E-state index in [4.69, 9.17) is 16.3 Å². The Balaban J connectivity index is 1.74. The Morgan fingerprint density at radius 2 is 2.08 bits per heavy atom. The summed E-state index contributed by atoms with van der Waals surface area (Å²) >= 11 is 5.90. The van der Waals surface area contributed by atoms with E-state index in [1.165, 1.54) is 0 Å². The standard InChI is InChI=1S/C19H21ClN2O3/c1-13-11-16(20)8-9-18(13)25-10-4-7-19(24)22-21-14(2)15-5-3-6-17(23)12-15/h3,5-6,8-9,11-12,23H,4,7,10H2,1-2H3,(H,22,24). The minimum Gasteiger partial charge on any atom is -0.508 e. The lowest BCUT2D eigenvalue weighted by atomic mass is 10.1. The van der Waals surface area contributed by atoms with Crippen molar-refractivity contribution in [2.75, 3.05) is 6.61 Å². The summed E-state index contributed by atoms with van der Waals surface area (Å²) in [6, 6.07) is 12.1. The smallest absolute Gasteiger partial charge is 0.240 e. The van der Waals surface area contributed by atoms with Crippen LogP contribution in [0.3, 0.4) is 0 Å². The van der Waals surface area contributed by atoms with Crippen LogP contribution in [0.1, 0.15) is 30.9 Å². The third-order valence-corrected chi connectivity index (χ3v) is 3.79. The quantitative estimate of drug-likeness (QED) is 0.444. The molecule has 0 saturated carbocycles. The Kier molecular flexibility index (Phi) is 6.83. The number of nitrogens with zero attached hydrogens (tertiary/aromatic N) is 1. The molecule has 0 unspecified atom stereocenters. The molecule has 0 spiro atoms. The van der Waals surface area contributed by atoms with Gasteiger partial charge in [0.05, 0.1) is 12.3 Å². The number of amides is 1. The Bertz CT molecular complexity index is 775. The number of ether oxygens (including phenoxy) is 1. The van der Waals surface area contributed by atoms with Crippen LogP contribution in [-0.4, -0.2) is 23.3 Å². The Hall–Kier alpha value is -2.53. The first kappa shape index (κ1) is 18.8. The number of aryl methyl sites for hydroxylation is 1. The van der Waals surface area contributed by atoms with Gasteiger partial charge in [0.15, 0.2) is 0 Å². The van der Waals surface area contributed by atoms with Crippen molar-refractivity contribution in [2.24, 2.45) is 5.10 Å². The van der Waals surface area contributed by atoms with Crippen LogP contribution in [-0.2, 0) is 4.79 Å². The number of phenolic OH excluding ortho intramolecular Hbond substituents is 1. The third-order valence-electron chi connectivity index (χ3n) is 3.55. The van der Waals surface area contributed by atoms with Crippen molar-refractivity contribution in [3.05, 3.63) is 58.6 Å². The number of carbonyl (C=O) groups excluding carboxylic acids is 1. The van der Waals surface area contributed by atoms with Crippen molar-refractivity contribution in [2.45, 2.75) is 26.7 Å². The minimum absolute atomic E-state index is 0.160. The number of halogens is 1. The molecular formula is C19H21ClN2O3. The summed E-state index contributed by atoms with van der Waals surface area (Å²) in [5, 5.41) is 14.2. The zero-order valence-corrected chi connectivity index (χ0v) is 15.0. The fourth-order valence-electron chi connectivity index (χ4n) is 2.19. The number of nitrogens with one attached hydrogen (secondary N) is 1. The van der Waals surface area contributed by atoms with Gasteiger partial charge in [-0.15, -0.1) is 0 Å². The molecule has 0 atom stereocenters. The number of rotatable bonds is 7. The highest BCUT2D eigenvalue weighted by Gasteiger charge is 2.04. The Morgan fingerprint density at radius 1 is 1.28 bits per heavy atom. The van der Waals surface area contributed by atoms with E-state index in [1.54, 1.807) is 31.2 Å². The van der Waals surface area contributed by atoms with Crippen LogP contribution < -0.4 is 10.2 Å². The number of aromatic hydroxyl groups is 1. The van der Waals surface area contributed by atoms with Crippen LogP contribution >= 0.6 is 11.6 Å². The highest BCUT2D eigenvalue weighted by atomic mass is 35.5. The van der Waals surface area contributed by atoms with Crippen molar-refractivity contribution in [3.63, 3.8) is 0 Å². The number of carbonyl (C=O) groups is 1. The molecule has 5 nitrogen and oxygen atoms in total. The Labute approximate surface area is 152 Å².